The van der Waals surface area contributed by atoms with Crippen molar-refractivity contribution in [3.8, 4) is 0 Å². The summed E-state index contributed by atoms with van der Waals surface area (Å²) in [6, 6.07) is 6.37. The number of halogens is 1. The molecule has 0 bridgehead atoms. The summed E-state index contributed by atoms with van der Waals surface area (Å²) in [5, 5.41) is 8.98. The van der Waals surface area contributed by atoms with E-state index in [1.54, 1.807) is 0 Å². The smallest absolute Gasteiger partial charge is 0.0437 e. The maximum absolute atomic E-state index is 8.98. The molecule has 0 saturated heterocycles. The van der Waals surface area contributed by atoms with E-state index in [9.17, 15) is 0 Å². The van der Waals surface area contributed by atoms with Crippen LogP contribution in [0.4, 0.5) is 5.69 Å². The van der Waals surface area contributed by atoms with Gasteiger partial charge in [0.2, 0.25) is 0 Å². The third-order valence-electron chi connectivity index (χ3n) is 2.81. The number of anilines is 1. The first-order chi connectivity index (χ1) is 6.72. The van der Waals surface area contributed by atoms with Crippen molar-refractivity contribution in [3.63, 3.8) is 0 Å². The number of likely N-dealkylation sites (N-methyl/N-ethyl adjacent to an activating group) is 1. The van der Waals surface area contributed by atoms with Crippen LogP contribution >= 0.6 is 15.9 Å². The van der Waals surface area contributed by atoms with Crippen molar-refractivity contribution in [2.45, 2.75) is 12.3 Å². The second kappa shape index (κ2) is 3.91. The van der Waals surface area contributed by atoms with E-state index in [-0.39, 0.29) is 6.61 Å². The Kier molecular flexibility index (Phi) is 2.79. The molecule has 1 unspecified atom stereocenters. The summed E-state index contributed by atoms with van der Waals surface area (Å²) in [6.07, 6.45) is 0.855. The van der Waals surface area contributed by atoms with Gasteiger partial charge in [-0.05, 0) is 30.2 Å². The Morgan fingerprint density at radius 2 is 2.36 bits per heavy atom. The number of fused-ring (bicyclic) bond motifs is 1. The Morgan fingerprint density at radius 3 is 3.07 bits per heavy atom. The lowest BCUT2D eigenvalue weighted by Gasteiger charge is -2.11. The van der Waals surface area contributed by atoms with Crippen molar-refractivity contribution >= 4 is 21.6 Å². The molecule has 1 aliphatic rings. The molecule has 2 nitrogen and oxygen atoms in total. The van der Waals surface area contributed by atoms with Crippen molar-refractivity contribution in [2.24, 2.45) is 0 Å². The number of benzene rings is 1. The Labute approximate surface area is 92.7 Å². The third kappa shape index (κ3) is 1.66. The zero-order chi connectivity index (χ0) is 10.1. The molecule has 1 aromatic rings. The summed E-state index contributed by atoms with van der Waals surface area (Å²) in [6.45, 7) is 1.29. The molecular weight excluding hydrogens is 242 g/mol. The highest BCUT2D eigenvalue weighted by atomic mass is 79.9. The molecule has 1 atom stereocenters. The average molecular weight is 256 g/mol. The number of hydrogen-bond acceptors (Lipinski definition) is 2. The van der Waals surface area contributed by atoms with Gasteiger partial charge in [0.15, 0.2) is 0 Å². The molecule has 2 rings (SSSR count). The first-order valence-corrected chi connectivity index (χ1v) is 5.63. The Morgan fingerprint density at radius 1 is 1.57 bits per heavy atom. The summed E-state index contributed by atoms with van der Waals surface area (Å²) >= 11 is 3.48. The zero-order valence-corrected chi connectivity index (χ0v) is 9.79. The van der Waals surface area contributed by atoms with Crippen LogP contribution in [0.3, 0.4) is 0 Å². The Balaban J connectivity index is 2.35. The van der Waals surface area contributed by atoms with Crippen LogP contribution in [0.1, 0.15) is 17.9 Å². The molecule has 0 aliphatic carbocycles. The van der Waals surface area contributed by atoms with Crippen LogP contribution in [0, 0.1) is 0 Å². The van der Waals surface area contributed by atoms with Gasteiger partial charge in [-0.3, -0.25) is 0 Å². The minimum absolute atomic E-state index is 0.268. The summed E-state index contributed by atoms with van der Waals surface area (Å²) in [7, 11) is 2.10. The molecule has 0 radical (unpaired) electrons. The van der Waals surface area contributed by atoms with Gasteiger partial charge in [-0.25, -0.2) is 0 Å². The molecule has 1 heterocycles. The third-order valence-corrected chi connectivity index (χ3v) is 3.31. The first kappa shape index (κ1) is 9.99. The number of nitrogens with zero attached hydrogens (tertiary/aromatic N) is 1. The number of aliphatic hydroxyl groups excluding tert-OH is 1. The maximum Gasteiger partial charge on any atom is 0.0437 e. The fourth-order valence-corrected chi connectivity index (χ4v) is 2.51. The van der Waals surface area contributed by atoms with E-state index in [1.807, 2.05) is 0 Å². The second-order valence-corrected chi connectivity index (χ2v) is 4.71. The molecule has 0 fully saturated rings. The molecule has 1 aliphatic heterocycles. The Bertz CT molecular complexity index is 340. The molecule has 3 heteroatoms. The van der Waals surface area contributed by atoms with Crippen LogP contribution < -0.4 is 4.90 Å². The molecule has 1 N–H and O–H groups in total. The predicted molar refractivity (Wildman–Crippen MR) is 61.9 cm³/mol. The molecule has 0 saturated carbocycles. The van der Waals surface area contributed by atoms with Gasteiger partial charge in [0.25, 0.3) is 0 Å². The van der Waals surface area contributed by atoms with Gasteiger partial charge < -0.3 is 10.0 Å². The van der Waals surface area contributed by atoms with Crippen LogP contribution in [0.15, 0.2) is 22.7 Å². The van der Waals surface area contributed by atoms with Crippen molar-refractivity contribution in [3.05, 3.63) is 28.2 Å². The van der Waals surface area contributed by atoms with Crippen molar-refractivity contribution in [1.82, 2.24) is 0 Å². The van der Waals surface area contributed by atoms with Crippen LogP contribution in [0.25, 0.3) is 0 Å². The predicted octanol–water partition coefficient (Wildman–Crippen LogP) is 2.36. The van der Waals surface area contributed by atoms with E-state index in [0.717, 1.165) is 17.4 Å². The van der Waals surface area contributed by atoms with Crippen molar-refractivity contribution < 1.29 is 5.11 Å². The van der Waals surface area contributed by atoms with E-state index in [2.05, 4.69) is 46.1 Å². The van der Waals surface area contributed by atoms with Gasteiger partial charge in [0.1, 0.15) is 0 Å². The van der Waals surface area contributed by atoms with Gasteiger partial charge in [0.05, 0.1) is 0 Å². The van der Waals surface area contributed by atoms with Crippen molar-refractivity contribution in [1.29, 1.82) is 0 Å². The molecule has 1 aromatic carbocycles. The Hall–Kier alpha value is -0.540. The summed E-state index contributed by atoms with van der Waals surface area (Å²) in [5.74, 6) is 0.484. The van der Waals surface area contributed by atoms with E-state index >= 15 is 0 Å². The molecule has 76 valence electrons. The minimum atomic E-state index is 0.268. The number of aliphatic hydroxyl groups is 1. The monoisotopic (exact) mass is 255 g/mol. The summed E-state index contributed by atoms with van der Waals surface area (Å²) < 4.78 is 1.12. The van der Waals surface area contributed by atoms with Gasteiger partial charge >= 0.3 is 0 Å². The molecule has 0 aromatic heterocycles. The van der Waals surface area contributed by atoms with Crippen LogP contribution in [0.5, 0.6) is 0 Å². The fraction of sp³-hybridized carbons (Fsp3) is 0.455. The highest BCUT2D eigenvalue weighted by Gasteiger charge is 2.25. The SMILES string of the molecule is CN1CC(CCO)c2cc(Br)ccc21. The molecule has 0 spiro atoms. The highest BCUT2D eigenvalue weighted by Crippen LogP contribution is 2.38. The van der Waals surface area contributed by atoms with Crippen molar-refractivity contribution in [2.75, 3.05) is 25.1 Å². The summed E-state index contributed by atoms with van der Waals surface area (Å²) in [4.78, 5) is 2.25. The van der Waals surface area contributed by atoms with E-state index in [1.165, 1.54) is 11.3 Å². The highest BCUT2D eigenvalue weighted by molar-refractivity contribution is 9.10. The quantitative estimate of drug-likeness (QED) is 0.878. The summed E-state index contributed by atoms with van der Waals surface area (Å²) in [5.41, 5.74) is 2.66. The van der Waals surface area contributed by atoms with Gasteiger partial charge in [-0.1, -0.05) is 15.9 Å². The second-order valence-electron chi connectivity index (χ2n) is 3.79. The maximum atomic E-state index is 8.98. The first-order valence-electron chi connectivity index (χ1n) is 4.84. The average Bonchev–Trinajstić information content (AvgIpc) is 2.44. The lowest BCUT2D eigenvalue weighted by atomic mass is 9.99. The standard InChI is InChI=1S/C11H14BrNO/c1-13-7-8(4-5-14)10-6-9(12)2-3-11(10)13/h2-3,6,8,14H,4-5,7H2,1H3. The van der Waals surface area contributed by atoms with E-state index in [4.69, 9.17) is 5.11 Å². The van der Waals surface area contributed by atoms with Gasteiger partial charge in [-0.15, -0.1) is 0 Å². The fourth-order valence-electron chi connectivity index (χ4n) is 2.13. The van der Waals surface area contributed by atoms with E-state index in [0.29, 0.717) is 5.92 Å². The molecular formula is C11H14BrNO. The number of rotatable bonds is 2. The molecule has 14 heavy (non-hydrogen) atoms. The molecule has 0 amide bonds. The lowest BCUT2D eigenvalue weighted by Crippen LogP contribution is -2.15. The number of hydrogen-bond donors (Lipinski definition) is 1. The van der Waals surface area contributed by atoms with E-state index < -0.39 is 0 Å². The largest absolute Gasteiger partial charge is 0.396 e. The van der Waals surface area contributed by atoms with Crippen LogP contribution in [-0.2, 0) is 0 Å². The van der Waals surface area contributed by atoms with Crippen LogP contribution in [0.2, 0.25) is 0 Å². The van der Waals surface area contributed by atoms with Gasteiger partial charge in [-0.2, -0.15) is 0 Å². The van der Waals surface area contributed by atoms with Crippen LogP contribution in [-0.4, -0.2) is 25.3 Å². The topological polar surface area (TPSA) is 23.5 Å². The normalized spacial score (nSPS) is 19.9. The lowest BCUT2D eigenvalue weighted by molar-refractivity contribution is 0.278. The van der Waals surface area contributed by atoms with Gasteiger partial charge in [0, 0.05) is 36.3 Å². The zero-order valence-electron chi connectivity index (χ0n) is 8.20. The minimum Gasteiger partial charge on any atom is -0.396 e.